The van der Waals surface area contributed by atoms with Crippen molar-refractivity contribution in [1.29, 1.82) is 0 Å². The monoisotopic (exact) mass is 330 g/mol. The molecule has 118 valence electrons. The van der Waals surface area contributed by atoms with Crippen LogP contribution in [0, 0.1) is 10.4 Å². The first-order valence-corrected chi connectivity index (χ1v) is 7.44. The molecule has 4 N–H and O–H groups in total. The molecule has 0 amide bonds. The van der Waals surface area contributed by atoms with Crippen molar-refractivity contribution in [2.75, 3.05) is 12.3 Å². The van der Waals surface area contributed by atoms with E-state index >= 15 is 0 Å². The number of benzene rings is 2. The van der Waals surface area contributed by atoms with Crippen molar-refractivity contribution < 1.29 is 9.46 Å². The van der Waals surface area contributed by atoms with Crippen molar-refractivity contribution in [3.05, 3.63) is 63.5 Å². The zero-order valence-corrected chi connectivity index (χ0v) is 13.0. The van der Waals surface area contributed by atoms with Gasteiger partial charge in [0.05, 0.1) is 5.56 Å². The SMILES string of the molecule is NCCc1ccc2c(c1)[n+]([O-])c(-c1cccc(Cl)c1)c(N)[n+]2[O-]. The summed E-state index contributed by atoms with van der Waals surface area (Å²) in [5, 5.41) is 25.6. The molecule has 0 saturated carbocycles. The molecule has 0 aliphatic heterocycles. The van der Waals surface area contributed by atoms with Crippen LogP contribution in [0.1, 0.15) is 5.56 Å². The van der Waals surface area contributed by atoms with Crippen molar-refractivity contribution in [3.63, 3.8) is 0 Å². The highest BCUT2D eigenvalue weighted by Gasteiger charge is 2.25. The Morgan fingerprint density at radius 2 is 1.78 bits per heavy atom. The lowest BCUT2D eigenvalue weighted by atomic mass is 10.1. The first-order chi connectivity index (χ1) is 11.0. The average molecular weight is 331 g/mol. The number of nitrogens with zero attached hydrogens (tertiary/aromatic N) is 2. The number of hydrogen-bond donors (Lipinski definition) is 2. The van der Waals surface area contributed by atoms with Gasteiger partial charge in [-0.3, -0.25) is 5.73 Å². The number of aromatic nitrogens is 2. The molecule has 0 atom stereocenters. The molecule has 0 fully saturated rings. The number of rotatable bonds is 3. The van der Waals surface area contributed by atoms with Crippen LogP contribution in [0.2, 0.25) is 5.02 Å². The summed E-state index contributed by atoms with van der Waals surface area (Å²) >= 11 is 5.97. The normalized spacial score (nSPS) is 11.0. The molecule has 0 aliphatic rings. The highest BCUT2D eigenvalue weighted by atomic mass is 35.5. The zero-order valence-electron chi connectivity index (χ0n) is 12.2. The molecule has 0 radical (unpaired) electrons. The van der Waals surface area contributed by atoms with Gasteiger partial charge in [0.1, 0.15) is 0 Å². The number of fused-ring (bicyclic) bond motifs is 1. The predicted molar refractivity (Wildman–Crippen MR) is 89.5 cm³/mol. The number of nitrogens with two attached hydrogens (primary N) is 2. The number of hydrogen-bond acceptors (Lipinski definition) is 4. The van der Waals surface area contributed by atoms with Gasteiger partial charge in [-0.25, -0.2) is 4.73 Å². The Bertz CT molecular complexity index is 899. The van der Waals surface area contributed by atoms with Gasteiger partial charge < -0.3 is 16.1 Å². The summed E-state index contributed by atoms with van der Waals surface area (Å²) in [6.07, 6.45) is 0.617. The van der Waals surface area contributed by atoms with Gasteiger partial charge in [-0.1, -0.05) is 23.7 Å². The highest BCUT2D eigenvalue weighted by Crippen LogP contribution is 2.25. The largest absolute Gasteiger partial charge is 0.710 e. The molecule has 23 heavy (non-hydrogen) atoms. The van der Waals surface area contributed by atoms with Crippen LogP contribution in [0.4, 0.5) is 5.82 Å². The summed E-state index contributed by atoms with van der Waals surface area (Å²) in [5.41, 5.74) is 13.4. The molecule has 0 aliphatic carbocycles. The van der Waals surface area contributed by atoms with E-state index in [9.17, 15) is 10.4 Å². The molecule has 0 unspecified atom stereocenters. The predicted octanol–water partition coefficient (Wildman–Crippen LogP) is 1.51. The third-order valence-electron chi connectivity index (χ3n) is 3.67. The van der Waals surface area contributed by atoms with E-state index in [0.29, 0.717) is 33.0 Å². The number of halogens is 1. The Hall–Kier alpha value is -2.57. The summed E-state index contributed by atoms with van der Waals surface area (Å²) in [6, 6.07) is 11.7. The fraction of sp³-hybridized carbons (Fsp3) is 0.125. The lowest BCUT2D eigenvalue weighted by Gasteiger charge is -2.14. The minimum absolute atomic E-state index is 0.0832. The van der Waals surface area contributed by atoms with Gasteiger partial charge in [0.25, 0.3) is 5.52 Å². The maximum absolute atomic E-state index is 12.8. The molecular weight excluding hydrogens is 316 g/mol. The average Bonchev–Trinajstić information content (AvgIpc) is 2.53. The Balaban J connectivity index is 2.33. The van der Waals surface area contributed by atoms with Crippen LogP contribution in [-0.4, -0.2) is 6.54 Å². The molecule has 0 spiro atoms. The maximum atomic E-state index is 12.8. The Labute approximate surface area is 137 Å². The van der Waals surface area contributed by atoms with Crippen LogP contribution in [0.25, 0.3) is 22.3 Å². The van der Waals surface area contributed by atoms with E-state index in [0.717, 1.165) is 5.56 Å². The molecule has 7 heteroatoms. The van der Waals surface area contributed by atoms with E-state index in [1.165, 1.54) is 0 Å². The van der Waals surface area contributed by atoms with Crippen LogP contribution >= 0.6 is 11.6 Å². The molecule has 1 heterocycles. The second-order valence-corrected chi connectivity index (χ2v) is 5.63. The summed E-state index contributed by atoms with van der Waals surface area (Å²) < 4.78 is 1.23. The van der Waals surface area contributed by atoms with Gasteiger partial charge in [-0.15, -0.1) is 0 Å². The maximum Gasteiger partial charge on any atom is 0.351 e. The lowest BCUT2D eigenvalue weighted by molar-refractivity contribution is -0.609. The van der Waals surface area contributed by atoms with Crippen molar-refractivity contribution in [3.8, 4) is 11.3 Å². The van der Waals surface area contributed by atoms with Crippen LogP contribution in [0.5, 0.6) is 0 Å². The number of anilines is 1. The van der Waals surface area contributed by atoms with E-state index in [2.05, 4.69) is 0 Å². The van der Waals surface area contributed by atoms with Gasteiger partial charge in [-0.2, -0.15) is 4.73 Å². The van der Waals surface area contributed by atoms with Gasteiger partial charge in [0, 0.05) is 11.1 Å². The molecular formula is C16H15ClN4O2. The van der Waals surface area contributed by atoms with Crippen LogP contribution in [-0.2, 0) is 6.42 Å². The molecule has 6 nitrogen and oxygen atoms in total. The van der Waals surface area contributed by atoms with E-state index in [-0.39, 0.29) is 22.5 Å². The van der Waals surface area contributed by atoms with E-state index in [1.807, 2.05) is 0 Å². The fourth-order valence-corrected chi connectivity index (χ4v) is 2.77. The van der Waals surface area contributed by atoms with Crippen molar-refractivity contribution in [2.45, 2.75) is 6.42 Å². The second-order valence-electron chi connectivity index (χ2n) is 5.19. The highest BCUT2D eigenvalue weighted by molar-refractivity contribution is 6.30. The minimum Gasteiger partial charge on any atom is -0.710 e. The molecule has 2 aromatic carbocycles. The van der Waals surface area contributed by atoms with Crippen molar-refractivity contribution in [1.82, 2.24) is 0 Å². The van der Waals surface area contributed by atoms with Crippen molar-refractivity contribution in [2.24, 2.45) is 5.73 Å². The number of nitrogen functional groups attached to an aromatic ring is 1. The van der Waals surface area contributed by atoms with Gasteiger partial charge in [0.2, 0.25) is 5.52 Å². The van der Waals surface area contributed by atoms with E-state index < -0.39 is 0 Å². The van der Waals surface area contributed by atoms with Gasteiger partial charge in [0.15, 0.2) is 0 Å². The Morgan fingerprint density at radius 1 is 1.00 bits per heavy atom. The smallest absolute Gasteiger partial charge is 0.351 e. The third-order valence-corrected chi connectivity index (χ3v) is 3.91. The molecule has 0 bridgehead atoms. The molecule has 1 aromatic heterocycles. The molecule has 3 aromatic rings. The van der Waals surface area contributed by atoms with Crippen molar-refractivity contribution >= 4 is 28.5 Å². The molecule has 0 saturated heterocycles. The summed E-state index contributed by atoms with van der Waals surface area (Å²) in [7, 11) is 0. The van der Waals surface area contributed by atoms with Gasteiger partial charge >= 0.3 is 11.5 Å². The quantitative estimate of drug-likeness (QED) is 0.560. The van der Waals surface area contributed by atoms with E-state index in [1.54, 1.807) is 42.5 Å². The van der Waals surface area contributed by atoms with Crippen LogP contribution < -0.4 is 20.9 Å². The minimum atomic E-state index is -0.165. The topological polar surface area (TPSA) is 106 Å². The van der Waals surface area contributed by atoms with Crippen LogP contribution in [0.15, 0.2) is 42.5 Å². The second kappa shape index (κ2) is 5.91. The first-order valence-electron chi connectivity index (χ1n) is 7.06. The lowest BCUT2D eigenvalue weighted by Crippen LogP contribution is -2.43. The summed E-state index contributed by atoms with van der Waals surface area (Å²) in [6.45, 7) is 0.456. The van der Waals surface area contributed by atoms with E-state index in [4.69, 9.17) is 23.1 Å². The van der Waals surface area contributed by atoms with Gasteiger partial charge in [-0.05, 0) is 42.8 Å². The summed E-state index contributed by atoms with van der Waals surface area (Å²) in [4.78, 5) is 0. The standard InChI is InChI=1S/C16H15ClN4O2/c17-12-3-1-2-11(9-12)15-16(19)21(23)13-5-4-10(6-7-18)8-14(13)20(15)22/h1-5,8-9H,6-7,18-19H2. The first kappa shape index (κ1) is 15.3. The third kappa shape index (κ3) is 2.62. The molecule has 3 rings (SSSR count). The Kier molecular flexibility index (Phi) is 3.94. The van der Waals surface area contributed by atoms with Crippen LogP contribution in [0.3, 0.4) is 0 Å². The zero-order chi connectivity index (χ0) is 16.6. The fourth-order valence-electron chi connectivity index (χ4n) is 2.58. The Morgan fingerprint density at radius 3 is 2.48 bits per heavy atom. The summed E-state index contributed by atoms with van der Waals surface area (Å²) in [5.74, 6) is -0.165.